The standard InChI is InChI=1S/C14H23NO6/c1-13(2,3)21-12(18)15-7-9(10(16)19-5)14(4,8-15)11(17)20-6/h9H,7-8H2,1-6H3/t9-,14+/m0/s1. The van der Waals surface area contributed by atoms with E-state index in [4.69, 9.17) is 14.2 Å². The van der Waals surface area contributed by atoms with Gasteiger partial charge < -0.3 is 19.1 Å². The highest BCUT2D eigenvalue weighted by atomic mass is 16.6. The fourth-order valence-electron chi connectivity index (χ4n) is 2.38. The number of methoxy groups -OCH3 is 2. The van der Waals surface area contributed by atoms with Crippen LogP contribution in [0, 0.1) is 11.3 Å². The van der Waals surface area contributed by atoms with Crippen LogP contribution in [0.2, 0.25) is 0 Å². The highest BCUT2D eigenvalue weighted by molar-refractivity contribution is 5.87. The van der Waals surface area contributed by atoms with Crippen LogP contribution >= 0.6 is 0 Å². The number of esters is 2. The molecule has 0 aromatic carbocycles. The highest BCUT2D eigenvalue weighted by Gasteiger charge is 2.55. The van der Waals surface area contributed by atoms with Gasteiger partial charge in [0.2, 0.25) is 0 Å². The number of hydrogen-bond donors (Lipinski definition) is 0. The van der Waals surface area contributed by atoms with Crippen LogP contribution in [0.5, 0.6) is 0 Å². The van der Waals surface area contributed by atoms with E-state index in [2.05, 4.69) is 0 Å². The largest absolute Gasteiger partial charge is 0.469 e. The maximum absolute atomic E-state index is 12.1. The van der Waals surface area contributed by atoms with Crippen LogP contribution in [0.15, 0.2) is 0 Å². The first kappa shape index (κ1) is 17.3. The van der Waals surface area contributed by atoms with Gasteiger partial charge in [0.1, 0.15) is 5.60 Å². The summed E-state index contributed by atoms with van der Waals surface area (Å²) in [6, 6.07) is 0. The molecule has 1 aliphatic heterocycles. The molecular weight excluding hydrogens is 278 g/mol. The summed E-state index contributed by atoms with van der Waals surface area (Å²) in [4.78, 5) is 37.4. The molecule has 0 aromatic heterocycles. The van der Waals surface area contributed by atoms with Crippen molar-refractivity contribution >= 4 is 18.0 Å². The van der Waals surface area contributed by atoms with E-state index in [1.54, 1.807) is 27.7 Å². The highest BCUT2D eigenvalue weighted by Crippen LogP contribution is 2.38. The van der Waals surface area contributed by atoms with E-state index < -0.39 is 35.0 Å². The van der Waals surface area contributed by atoms with Crippen LogP contribution < -0.4 is 0 Å². The normalized spacial score (nSPS) is 25.4. The second kappa shape index (κ2) is 5.91. The van der Waals surface area contributed by atoms with Crippen molar-refractivity contribution in [3.05, 3.63) is 0 Å². The summed E-state index contributed by atoms with van der Waals surface area (Å²) in [5.74, 6) is -1.87. The van der Waals surface area contributed by atoms with Gasteiger partial charge in [0.15, 0.2) is 0 Å². The van der Waals surface area contributed by atoms with Gasteiger partial charge in [0.05, 0.1) is 25.6 Å². The lowest BCUT2D eigenvalue weighted by molar-refractivity contribution is -0.161. The fraction of sp³-hybridized carbons (Fsp3) is 0.786. The number of nitrogens with zero attached hydrogens (tertiary/aromatic N) is 1. The molecule has 0 bridgehead atoms. The lowest BCUT2D eigenvalue weighted by Gasteiger charge is -2.26. The van der Waals surface area contributed by atoms with Crippen LogP contribution in [0.25, 0.3) is 0 Å². The Hall–Kier alpha value is -1.79. The molecule has 2 atom stereocenters. The maximum Gasteiger partial charge on any atom is 0.410 e. The molecule has 0 aromatic rings. The number of carbonyl (C=O) groups is 3. The molecule has 1 heterocycles. The smallest absolute Gasteiger partial charge is 0.410 e. The summed E-state index contributed by atoms with van der Waals surface area (Å²) in [7, 11) is 2.49. The Labute approximate surface area is 124 Å². The summed E-state index contributed by atoms with van der Waals surface area (Å²) >= 11 is 0. The zero-order valence-corrected chi connectivity index (χ0v) is 13.4. The minimum Gasteiger partial charge on any atom is -0.469 e. The van der Waals surface area contributed by atoms with Gasteiger partial charge in [-0.25, -0.2) is 4.79 Å². The average molecular weight is 301 g/mol. The number of ether oxygens (including phenoxy) is 3. The Bertz CT molecular complexity index is 441. The van der Waals surface area contributed by atoms with E-state index in [1.165, 1.54) is 19.1 Å². The quantitative estimate of drug-likeness (QED) is 0.563. The summed E-state index contributed by atoms with van der Waals surface area (Å²) in [6.45, 7) is 6.95. The zero-order chi connectivity index (χ0) is 16.4. The van der Waals surface area contributed by atoms with Gasteiger partial charge in [0.25, 0.3) is 0 Å². The first-order valence-electron chi connectivity index (χ1n) is 6.69. The van der Waals surface area contributed by atoms with Crippen molar-refractivity contribution in [3.63, 3.8) is 0 Å². The zero-order valence-electron chi connectivity index (χ0n) is 13.4. The molecule has 7 heteroatoms. The predicted molar refractivity (Wildman–Crippen MR) is 73.4 cm³/mol. The molecule has 1 amide bonds. The summed E-state index contributed by atoms with van der Waals surface area (Å²) in [5, 5.41) is 0. The molecule has 0 saturated carbocycles. The van der Waals surface area contributed by atoms with Crippen LogP contribution in [0.4, 0.5) is 4.79 Å². The van der Waals surface area contributed by atoms with E-state index in [0.29, 0.717) is 0 Å². The molecule has 21 heavy (non-hydrogen) atoms. The van der Waals surface area contributed by atoms with Gasteiger partial charge in [-0.1, -0.05) is 0 Å². The molecule has 7 nitrogen and oxygen atoms in total. The number of rotatable bonds is 2. The van der Waals surface area contributed by atoms with Gasteiger partial charge in [-0.2, -0.15) is 0 Å². The molecule has 0 spiro atoms. The monoisotopic (exact) mass is 301 g/mol. The van der Waals surface area contributed by atoms with Gasteiger partial charge in [-0.3, -0.25) is 9.59 Å². The second-order valence-electron chi connectivity index (χ2n) is 6.35. The molecule has 120 valence electrons. The Morgan fingerprint density at radius 1 is 1.14 bits per heavy atom. The van der Waals surface area contributed by atoms with E-state index in [1.807, 2.05) is 0 Å². The van der Waals surface area contributed by atoms with Gasteiger partial charge in [-0.05, 0) is 27.7 Å². The molecule has 1 aliphatic rings. The molecule has 1 saturated heterocycles. The predicted octanol–water partition coefficient (Wildman–Crippen LogP) is 1.21. The molecule has 0 aliphatic carbocycles. The van der Waals surface area contributed by atoms with Crippen LogP contribution in [-0.2, 0) is 23.8 Å². The SMILES string of the molecule is COC(=O)[C@@H]1CN(C(=O)OC(C)(C)C)C[C@@]1(C)C(=O)OC. The molecular formula is C14H23NO6. The van der Waals surface area contributed by atoms with Crippen molar-refractivity contribution in [1.29, 1.82) is 0 Å². The van der Waals surface area contributed by atoms with E-state index in [-0.39, 0.29) is 13.1 Å². The number of hydrogen-bond acceptors (Lipinski definition) is 6. The van der Waals surface area contributed by atoms with Crippen molar-refractivity contribution in [2.24, 2.45) is 11.3 Å². The molecule has 1 rings (SSSR count). The van der Waals surface area contributed by atoms with Crippen LogP contribution in [0.1, 0.15) is 27.7 Å². The van der Waals surface area contributed by atoms with E-state index >= 15 is 0 Å². The third kappa shape index (κ3) is 3.65. The minimum atomic E-state index is -1.14. The molecule has 0 N–H and O–H groups in total. The number of carbonyl (C=O) groups excluding carboxylic acids is 3. The van der Waals surface area contributed by atoms with Gasteiger partial charge in [-0.15, -0.1) is 0 Å². The molecule has 0 radical (unpaired) electrons. The summed E-state index contributed by atoms with van der Waals surface area (Å²) in [5.41, 5.74) is -1.79. The fourth-order valence-corrected chi connectivity index (χ4v) is 2.38. The van der Waals surface area contributed by atoms with Crippen LogP contribution in [-0.4, -0.2) is 55.8 Å². The van der Waals surface area contributed by atoms with E-state index in [9.17, 15) is 14.4 Å². The Balaban J connectivity index is 2.98. The first-order valence-corrected chi connectivity index (χ1v) is 6.69. The molecule has 1 fully saturated rings. The third-order valence-corrected chi connectivity index (χ3v) is 3.48. The van der Waals surface area contributed by atoms with Crippen molar-refractivity contribution in [1.82, 2.24) is 4.90 Å². The van der Waals surface area contributed by atoms with Crippen molar-refractivity contribution in [2.45, 2.75) is 33.3 Å². The van der Waals surface area contributed by atoms with E-state index in [0.717, 1.165) is 0 Å². The average Bonchev–Trinajstić information content (AvgIpc) is 2.74. The number of likely N-dealkylation sites (tertiary alicyclic amines) is 1. The minimum absolute atomic E-state index is 0.0500. The lowest BCUT2D eigenvalue weighted by Crippen LogP contribution is -2.41. The first-order chi connectivity index (χ1) is 9.55. The molecule has 0 unspecified atom stereocenters. The van der Waals surface area contributed by atoms with Crippen molar-refractivity contribution < 1.29 is 28.6 Å². The van der Waals surface area contributed by atoms with Crippen molar-refractivity contribution in [2.75, 3.05) is 27.3 Å². The summed E-state index contributed by atoms with van der Waals surface area (Å²) in [6.07, 6.45) is -0.566. The third-order valence-electron chi connectivity index (χ3n) is 3.48. The van der Waals surface area contributed by atoms with Gasteiger partial charge >= 0.3 is 18.0 Å². The van der Waals surface area contributed by atoms with Gasteiger partial charge in [0, 0.05) is 13.1 Å². The topological polar surface area (TPSA) is 82.1 Å². The second-order valence-corrected chi connectivity index (χ2v) is 6.35. The summed E-state index contributed by atoms with van der Waals surface area (Å²) < 4.78 is 14.8. The lowest BCUT2D eigenvalue weighted by atomic mass is 9.80. The number of amides is 1. The Morgan fingerprint density at radius 2 is 1.71 bits per heavy atom. The Morgan fingerprint density at radius 3 is 2.14 bits per heavy atom. The van der Waals surface area contributed by atoms with Crippen LogP contribution in [0.3, 0.4) is 0 Å². The maximum atomic E-state index is 12.1. The van der Waals surface area contributed by atoms with Crippen molar-refractivity contribution in [3.8, 4) is 0 Å². The Kier molecular flexibility index (Phi) is 4.86.